The molecule has 0 atom stereocenters. The first-order valence-corrected chi connectivity index (χ1v) is 6.19. The zero-order chi connectivity index (χ0) is 10.2. The Kier molecular flexibility index (Phi) is 3.10. The summed E-state index contributed by atoms with van der Waals surface area (Å²) in [6, 6.07) is 0.725. The fourth-order valence-electron chi connectivity index (χ4n) is 2.79. The molecule has 0 amide bonds. The van der Waals surface area contributed by atoms with Crippen molar-refractivity contribution >= 4 is 12.8 Å². The van der Waals surface area contributed by atoms with Crippen molar-refractivity contribution in [2.45, 2.75) is 39.2 Å². The van der Waals surface area contributed by atoms with Crippen LogP contribution in [-0.2, 0) is 0 Å². The first-order chi connectivity index (χ1) is 6.61. The van der Waals surface area contributed by atoms with E-state index in [-0.39, 0.29) is 0 Å². The molecule has 2 aliphatic rings. The Bertz CT molecular complexity index is 197. The number of thiol groups is 1. The summed E-state index contributed by atoms with van der Waals surface area (Å²) in [5.41, 5.74) is 0.642. The van der Waals surface area contributed by atoms with Crippen LogP contribution in [0.3, 0.4) is 0 Å². The molecule has 3 heteroatoms. The Hall–Kier alpha value is 0.270. The number of nitrogens with zero attached hydrogens (tertiary/aromatic N) is 2. The maximum atomic E-state index is 4.42. The van der Waals surface area contributed by atoms with Crippen molar-refractivity contribution in [1.29, 1.82) is 0 Å². The van der Waals surface area contributed by atoms with E-state index in [9.17, 15) is 0 Å². The van der Waals surface area contributed by atoms with E-state index in [1.54, 1.807) is 0 Å². The van der Waals surface area contributed by atoms with Gasteiger partial charge in [-0.15, -0.1) is 0 Å². The van der Waals surface area contributed by atoms with E-state index in [1.807, 2.05) is 0 Å². The van der Waals surface area contributed by atoms with Gasteiger partial charge in [-0.05, 0) is 45.1 Å². The van der Waals surface area contributed by atoms with Gasteiger partial charge < -0.3 is 4.90 Å². The molecule has 0 aromatic carbocycles. The van der Waals surface area contributed by atoms with Crippen LogP contribution in [0.15, 0.2) is 0 Å². The van der Waals surface area contributed by atoms with E-state index in [2.05, 4.69) is 35.9 Å². The van der Waals surface area contributed by atoms with E-state index in [4.69, 9.17) is 0 Å². The molecule has 0 aromatic heterocycles. The van der Waals surface area contributed by atoms with E-state index >= 15 is 0 Å². The lowest BCUT2D eigenvalue weighted by Gasteiger charge is -2.37. The third-order valence-electron chi connectivity index (χ3n) is 4.00. The van der Waals surface area contributed by atoms with Gasteiger partial charge in [-0.3, -0.25) is 4.31 Å². The second-order valence-corrected chi connectivity index (χ2v) is 5.83. The molecule has 1 spiro atoms. The van der Waals surface area contributed by atoms with Crippen molar-refractivity contribution in [2.24, 2.45) is 5.41 Å². The predicted octanol–water partition coefficient (Wildman–Crippen LogP) is 2.03. The summed E-state index contributed by atoms with van der Waals surface area (Å²) in [4.78, 5) is 2.63. The molecule has 82 valence electrons. The molecule has 0 unspecified atom stereocenters. The number of likely N-dealkylation sites (tertiary alicyclic amines) is 1. The second-order valence-electron chi connectivity index (χ2n) is 5.27. The minimum Gasteiger partial charge on any atom is -0.300 e. The molecule has 2 nitrogen and oxygen atoms in total. The second kappa shape index (κ2) is 4.03. The van der Waals surface area contributed by atoms with Crippen LogP contribution in [0.5, 0.6) is 0 Å². The fourth-order valence-corrected chi connectivity index (χ4v) is 2.99. The summed E-state index contributed by atoms with van der Waals surface area (Å²) in [7, 11) is 0. The number of rotatable bonds is 1. The highest BCUT2D eigenvalue weighted by Gasteiger charge is 2.40. The zero-order valence-electron chi connectivity index (χ0n) is 9.37. The number of hydrogen-bond donors (Lipinski definition) is 1. The molecule has 0 saturated carbocycles. The van der Waals surface area contributed by atoms with Crippen LogP contribution >= 0.6 is 12.8 Å². The number of piperidine rings is 1. The van der Waals surface area contributed by atoms with Crippen molar-refractivity contribution in [1.82, 2.24) is 9.21 Å². The molecule has 2 fully saturated rings. The SMILES string of the molecule is CC(C)N1CCC2(CCN(S)CC2)C1. The maximum absolute atomic E-state index is 4.42. The molecule has 14 heavy (non-hydrogen) atoms. The highest BCUT2D eigenvalue weighted by atomic mass is 32.1. The minimum atomic E-state index is 0.642. The van der Waals surface area contributed by atoms with E-state index in [1.165, 1.54) is 45.4 Å². The molecular weight excluding hydrogens is 192 g/mol. The van der Waals surface area contributed by atoms with E-state index in [0.29, 0.717) is 5.41 Å². The molecule has 0 aromatic rings. The molecular formula is C11H22N2S. The number of hydrogen-bond acceptors (Lipinski definition) is 3. The summed E-state index contributed by atoms with van der Waals surface area (Å²) in [5, 5.41) is 0. The zero-order valence-corrected chi connectivity index (χ0v) is 10.3. The average molecular weight is 214 g/mol. The molecule has 0 aliphatic carbocycles. The van der Waals surface area contributed by atoms with Crippen LogP contribution in [-0.4, -0.2) is 41.4 Å². The van der Waals surface area contributed by atoms with E-state index in [0.717, 1.165) is 6.04 Å². The lowest BCUT2D eigenvalue weighted by atomic mass is 9.78. The largest absolute Gasteiger partial charge is 0.300 e. The smallest absolute Gasteiger partial charge is 0.00927 e. The van der Waals surface area contributed by atoms with Crippen molar-refractivity contribution in [3.05, 3.63) is 0 Å². The monoisotopic (exact) mass is 214 g/mol. The van der Waals surface area contributed by atoms with E-state index < -0.39 is 0 Å². The summed E-state index contributed by atoms with van der Waals surface area (Å²) in [5.74, 6) is 0. The minimum absolute atomic E-state index is 0.642. The van der Waals surface area contributed by atoms with Crippen LogP contribution in [0, 0.1) is 5.41 Å². The fraction of sp³-hybridized carbons (Fsp3) is 1.00. The maximum Gasteiger partial charge on any atom is 0.00927 e. The average Bonchev–Trinajstić information content (AvgIpc) is 2.56. The summed E-state index contributed by atoms with van der Waals surface area (Å²) in [6.07, 6.45) is 4.10. The highest BCUT2D eigenvalue weighted by molar-refractivity contribution is 7.77. The van der Waals surface area contributed by atoms with Crippen molar-refractivity contribution in [3.8, 4) is 0 Å². The highest BCUT2D eigenvalue weighted by Crippen LogP contribution is 2.41. The van der Waals surface area contributed by atoms with Gasteiger partial charge in [0.1, 0.15) is 0 Å². The van der Waals surface area contributed by atoms with Gasteiger partial charge in [0.05, 0.1) is 0 Å². The van der Waals surface area contributed by atoms with Crippen LogP contribution in [0.25, 0.3) is 0 Å². The van der Waals surface area contributed by atoms with Crippen molar-refractivity contribution < 1.29 is 0 Å². The topological polar surface area (TPSA) is 6.48 Å². The van der Waals surface area contributed by atoms with Crippen LogP contribution in [0.4, 0.5) is 0 Å². The lowest BCUT2D eigenvalue weighted by molar-refractivity contribution is 0.152. The van der Waals surface area contributed by atoms with Crippen LogP contribution in [0.2, 0.25) is 0 Å². The Morgan fingerprint density at radius 2 is 1.64 bits per heavy atom. The third-order valence-corrected chi connectivity index (χ3v) is 4.40. The van der Waals surface area contributed by atoms with Crippen molar-refractivity contribution in [3.63, 3.8) is 0 Å². The Balaban J connectivity index is 1.93. The summed E-state index contributed by atoms with van der Waals surface area (Å²) < 4.78 is 2.17. The van der Waals surface area contributed by atoms with Crippen LogP contribution < -0.4 is 0 Å². The standard InChI is InChI=1S/C11H22N2S/c1-10(2)12-6-3-11(9-12)4-7-13(14)8-5-11/h10,14H,3-9H2,1-2H3. The van der Waals surface area contributed by atoms with Gasteiger partial charge in [-0.2, -0.15) is 0 Å². The molecule has 0 N–H and O–H groups in total. The van der Waals surface area contributed by atoms with Gasteiger partial charge in [0.25, 0.3) is 0 Å². The van der Waals surface area contributed by atoms with Gasteiger partial charge in [0.15, 0.2) is 0 Å². The Morgan fingerprint density at radius 1 is 1.07 bits per heavy atom. The van der Waals surface area contributed by atoms with Crippen LogP contribution in [0.1, 0.15) is 33.1 Å². The van der Waals surface area contributed by atoms with Crippen molar-refractivity contribution in [2.75, 3.05) is 26.2 Å². The van der Waals surface area contributed by atoms with Gasteiger partial charge in [0, 0.05) is 25.7 Å². The Labute approximate surface area is 93.2 Å². The Morgan fingerprint density at radius 3 is 2.14 bits per heavy atom. The first-order valence-electron chi connectivity index (χ1n) is 5.79. The first kappa shape index (κ1) is 10.8. The van der Waals surface area contributed by atoms with Gasteiger partial charge in [0.2, 0.25) is 0 Å². The molecule has 2 rings (SSSR count). The molecule has 0 bridgehead atoms. The normalized spacial score (nSPS) is 29.1. The lowest BCUT2D eigenvalue weighted by Crippen LogP contribution is -2.39. The molecule has 2 saturated heterocycles. The summed E-state index contributed by atoms with van der Waals surface area (Å²) in [6.45, 7) is 9.61. The van der Waals surface area contributed by atoms with Gasteiger partial charge in [-0.1, -0.05) is 12.8 Å². The third kappa shape index (κ3) is 2.10. The summed E-state index contributed by atoms with van der Waals surface area (Å²) >= 11 is 4.42. The quantitative estimate of drug-likeness (QED) is 0.667. The molecule has 2 aliphatic heterocycles. The molecule has 0 radical (unpaired) electrons. The van der Waals surface area contributed by atoms with Gasteiger partial charge >= 0.3 is 0 Å². The van der Waals surface area contributed by atoms with Gasteiger partial charge in [-0.25, -0.2) is 0 Å². The predicted molar refractivity (Wildman–Crippen MR) is 63.6 cm³/mol. The molecule has 2 heterocycles.